The molecule has 1 aliphatic rings. The smallest absolute Gasteiger partial charge is 0.244 e. The quantitative estimate of drug-likeness (QED) is 0.701. The summed E-state index contributed by atoms with van der Waals surface area (Å²) in [4.78, 5) is 30.0. The van der Waals surface area contributed by atoms with Crippen LogP contribution in [-0.4, -0.2) is 41.3 Å². The summed E-state index contributed by atoms with van der Waals surface area (Å²) in [6.45, 7) is 1.89. The molecule has 0 spiro atoms. The van der Waals surface area contributed by atoms with E-state index in [1.54, 1.807) is 24.4 Å². The molecule has 2 amide bonds. The molecule has 0 radical (unpaired) electrons. The number of nitrogens with one attached hydrogen (secondary N) is 1. The van der Waals surface area contributed by atoms with Crippen molar-refractivity contribution in [1.82, 2.24) is 15.2 Å². The Morgan fingerprint density at radius 3 is 2.67 bits per heavy atom. The highest BCUT2D eigenvalue weighted by Gasteiger charge is 2.15. The molecule has 0 atom stereocenters. The van der Waals surface area contributed by atoms with E-state index < -0.39 is 5.82 Å². The first kappa shape index (κ1) is 21.5. The van der Waals surface area contributed by atoms with Crippen molar-refractivity contribution in [2.24, 2.45) is 0 Å². The molecule has 2 heterocycles. The van der Waals surface area contributed by atoms with Gasteiger partial charge in [-0.15, -0.1) is 0 Å². The van der Waals surface area contributed by atoms with E-state index in [2.05, 4.69) is 10.3 Å². The highest BCUT2D eigenvalue weighted by Crippen LogP contribution is 2.24. The van der Waals surface area contributed by atoms with Crippen LogP contribution in [0.15, 0.2) is 48.8 Å². The first-order valence-electron chi connectivity index (χ1n) is 10.2. The number of halogens is 1. The van der Waals surface area contributed by atoms with Gasteiger partial charge in [0.15, 0.2) is 11.6 Å². The molecule has 0 saturated carbocycles. The summed E-state index contributed by atoms with van der Waals surface area (Å²) < 4.78 is 19.7. The van der Waals surface area contributed by atoms with Gasteiger partial charge in [-0.3, -0.25) is 14.6 Å². The normalized spacial score (nSPS) is 14.4. The Morgan fingerprint density at radius 2 is 1.97 bits per heavy atom. The number of hydrogen-bond donors (Lipinski definition) is 1. The Bertz CT molecular complexity index is 879. The number of ether oxygens (including phenoxy) is 1. The molecule has 30 heavy (non-hydrogen) atoms. The van der Waals surface area contributed by atoms with E-state index in [0.29, 0.717) is 11.3 Å². The summed E-state index contributed by atoms with van der Waals surface area (Å²) in [6.07, 6.45) is 10.7. The van der Waals surface area contributed by atoms with Gasteiger partial charge in [-0.2, -0.15) is 0 Å². The zero-order valence-corrected chi connectivity index (χ0v) is 16.9. The van der Waals surface area contributed by atoms with E-state index in [1.807, 2.05) is 4.90 Å². The third-order valence-corrected chi connectivity index (χ3v) is 4.84. The van der Waals surface area contributed by atoms with E-state index in [4.69, 9.17) is 4.74 Å². The van der Waals surface area contributed by atoms with Crippen LogP contribution in [0.2, 0.25) is 0 Å². The van der Waals surface area contributed by atoms with Crippen molar-refractivity contribution < 1.29 is 18.7 Å². The van der Waals surface area contributed by atoms with Gasteiger partial charge in [-0.25, -0.2) is 4.39 Å². The van der Waals surface area contributed by atoms with Gasteiger partial charge in [0.25, 0.3) is 0 Å². The van der Waals surface area contributed by atoms with Gasteiger partial charge >= 0.3 is 0 Å². The van der Waals surface area contributed by atoms with Crippen molar-refractivity contribution in [2.45, 2.75) is 32.1 Å². The molecule has 6 nitrogen and oxygen atoms in total. The SMILES string of the molecule is O=C(/C=C/c1ccc(Oc2cccnc2)c(F)c1)NCCC(=O)N1CCCCCC1. The minimum atomic E-state index is -0.538. The van der Waals surface area contributed by atoms with Crippen molar-refractivity contribution in [3.05, 3.63) is 60.2 Å². The van der Waals surface area contributed by atoms with Crippen molar-refractivity contribution in [3.63, 3.8) is 0 Å². The Labute approximate surface area is 175 Å². The van der Waals surface area contributed by atoms with Crippen molar-refractivity contribution in [1.29, 1.82) is 0 Å². The van der Waals surface area contributed by atoms with E-state index in [0.717, 1.165) is 25.9 Å². The van der Waals surface area contributed by atoms with Crippen LogP contribution < -0.4 is 10.1 Å². The number of carbonyl (C=O) groups excluding carboxylic acids is 2. The van der Waals surface area contributed by atoms with E-state index >= 15 is 0 Å². The maximum atomic E-state index is 14.2. The molecule has 0 aliphatic carbocycles. The van der Waals surface area contributed by atoms with E-state index in [1.165, 1.54) is 43.3 Å². The lowest BCUT2D eigenvalue weighted by Gasteiger charge is -2.20. The topological polar surface area (TPSA) is 71.5 Å². The summed E-state index contributed by atoms with van der Waals surface area (Å²) in [5.41, 5.74) is 0.529. The second kappa shape index (κ2) is 11.1. The number of benzene rings is 1. The molecule has 3 rings (SSSR count). The van der Waals surface area contributed by atoms with E-state index in [-0.39, 0.29) is 30.5 Å². The summed E-state index contributed by atoms with van der Waals surface area (Å²) >= 11 is 0. The minimum Gasteiger partial charge on any atom is -0.453 e. The van der Waals surface area contributed by atoms with Gasteiger partial charge in [-0.1, -0.05) is 18.9 Å². The highest BCUT2D eigenvalue weighted by molar-refractivity contribution is 5.92. The number of nitrogens with zero attached hydrogens (tertiary/aromatic N) is 2. The van der Waals surface area contributed by atoms with Gasteiger partial charge < -0.3 is 15.0 Å². The predicted octanol–water partition coefficient (Wildman–Crippen LogP) is 3.94. The average Bonchev–Trinajstić information content (AvgIpc) is 3.04. The fourth-order valence-corrected chi connectivity index (χ4v) is 3.24. The number of hydrogen-bond acceptors (Lipinski definition) is 4. The van der Waals surface area contributed by atoms with Crippen LogP contribution in [0, 0.1) is 5.82 Å². The van der Waals surface area contributed by atoms with Crippen LogP contribution >= 0.6 is 0 Å². The molecule has 1 saturated heterocycles. The molecular formula is C23H26FN3O3. The molecule has 2 aromatic rings. The first-order chi connectivity index (χ1) is 14.6. The highest BCUT2D eigenvalue weighted by atomic mass is 19.1. The third kappa shape index (κ3) is 6.69. The van der Waals surface area contributed by atoms with Crippen LogP contribution in [0.3, 0.4) is 0 Å². The minimum absolute atomic E-state index is 0.0763. The predicted molar refractivity (Wildman–Crippen MR) is 112 cm³/mol. The lowest BCUT2D eigenvalue weighted by Crippen LogP contribution is -2.34. The van der Waals surface area contributed by atoms with Crippen LogP contribution in [0.1, 0.15) is 37.7 Å². The zero-order chi connectivity index (χ0) is 21.2. The second-order valence-electron chi connectivity index (χ2n) is 7.15. The molecular weight excluding hydrogens is 385 g/mol. The molecule has 1 N–H and O–H groups in total. The van der Waals surface area contributed by atoms with Gasteiger partial charge in [0.05, 0.1) is 6.20 Å². The lowest BCUT2D eigenvalue weighted by atomic mass is 10.2. The number of amides is 2. The number of rotatable bonds is 7. The number of aromatic nitrogens is 1. The molecule has 0 unspecified atom stereocenters. The van der Waals surface area contributed by atoms with Crippen molar-refractivity contribution >= 4 is 17.9 Å². The Hall–Kier alpha value is -3.22. The summed E-state index contributed by atoms with van der Waals surface area (Å²) in [5, 5.41) is 2.70. The fraction of sp³-hybridized carbons (Fsp3) is 0.348. The van der Waals surface area contributed by atoms with Crippen LogP contribution in [-0.2, 0) is 9.59 Å². The third-order valence-electron chi connectivity index (χ3n) is 4.84. The average molecular weight is 411 g/mol. The fourth-order valence-electron chi connectivity index (χ4n) is 3.24. The van der Waals surface area contributed by atoms with Crippen molar-refractivity contribution in [3.8, 4) is 11.5 Å². The lowest BCUT2D eigenvalue weighted by molar-refractivity contribution is -0.131. The second-order valence-corrected chi connectivity index (χ2v) is 7.15. The van der Waals surface area contributed by atoms with Crippen LogP contribution in [0.25, 0.3) is 6.08 Å². The molecule has 1 aliphatic heterocycles. The Kier molecular flexibility index (Phi) is 7.94. The van der Waals surface area contributed by atoms with Crippen molar-refractivity contribution in [2.75, 3.05) is 19.6 Å². The first-order valence-corrected chi connectivity index (χ1v) is 10.2. The Morgan fingerprint density at radius 1 is 1.17 bits per heavy atom. The molecule has 1 fully saturated rings. The maximum absolute atomic E-state index is 14.2. The molecule has 7 heteroatoms. The van der Waals surface area contributed by atoms with Gasteiger partial charge in [0, 0.05) is 38.3 Å². The largest absolute Gasteiger partial charge is 0.453 e. The van der Waals surface area contributed by atoms with Gasteiger partial charge in [0.1, 0.15) is 5.75 Å². The number of pyridine rings is 1. The molecule has 0 bridgehead atoms. The molecule has 158 valence electrons. The van der Waals surface area contributed by atoms with E-state index in [9.17, 15) is 14.0 Å². The number of likely N-dealkylation sites (tertiary alicyclic amines) is 1. The monoisotopic (exact) mass is 411 g/mol. The summed E-state index contributed by atoms with van der Waals surface area (Å²) in [5.74, 6) is -0.267. The summed E-state index contributed by atoms with van der Waals surface area (Å²) in [7, 11) is 0. The molecule has 1 aromatic carbocycles. The van der Waals surface area contributed by atoms with Gasteiger partial charge in [-0.05, 0) is 48.7 Å². The Balaban J connectivity index is 1.45. The summed E-state index contributed by atoms with van der Waals surface area (Å²) in [6, 6.07) is 7.83. The number of carbonyl (C=O) groups is 2. The van der Waals surface area contributed by atoms with Crippen LogP contribution in [0.5, 0.6) is 11.5 Å². The van der Waals surface area contributed by atoms with Gasteiger partial charge in [0.2, 0.25) is 11.8 Å². The zero-order valence-electron chi connectivity index (χ0n) is 16.9. The molecule has 1 aromatic heterocycles. The van der Waals surface area contributed by atoms with Crippen LogP contribution in [0.4, 0.5) is 4.39 Å². The maximum Gasteiger partial charge on any atom is 0.244 e. The standard InChI is InChI=1S/C23H26FN3O3/c24-20-16-18(7-9-21(20)30-19-6-5-12-25-17-19)8-10-22(28)26-13-11-23(29)27-14-3-1-2-4-15-27/h5-10,12,16-17H,1-4,11,13-15H2,(H,26,28)/b10-8+.